The molecule has 1 saturated heterocycles. The monoisotopic (exact) mass is 536 g/mol. The van der Waals surface area contributed by atoms with Crippen LogP contribution in [0.3, 0.4) is 0 Å². The summed E-state index contributed by atoms with van der Waals surface area (Å²) in [6.07, 6.45) is 15.3. The van der Waals surface area contributed by atoms with Gasteiger partial charge in [0, 0.05) is 13.3 Å². The highest BCUT2D eigenvalue weighted by Crippen LogP contribution is 2.61. The molecule has 1 aromatic carbocycles. The smallest absolute Gasteiger partial charge is 0.309 e. The minimum Gasteiger partial charge on any atom is -0.466 e. The Hall–Kier alpha value is -2.69. The number of allylic oxidation sites excluding steroid dienone is 6. The van der Waals surface area contributed by atoms with E-state index in [-0.39, 0.29) is 42.5 Å². The topological polar surface area (TPSA) is 52.6 Å². The summed E-state index contributed by atoms with van der Waals surface area (Å²) in [5, 5.41) is 0. The van der Waals surface area contributed by atoms with E-state index < -0.39 is 0 Å². The summed E-state index contributed by atoms with van der Waals surface area (Å²) in [4.78, 5) is 25.0. The van der Waals surface area contributed by atoms with Crippen molar-refractivity contribution >= 4 is 17.5 Å². The first-order chi connectivity index (χ1) is 18.7. The molecule has 0 aromatic heterocycles. The van der Waals surface area contributed by atoms with Gasteiger partial charge >= 0.3 is 11.9 Å². The number of rotatable bonds is 7. The summed E-state index contributed by atoms with van der Waals surface area (Å²) in [5.41, 5.74) is 3.17. The summed E-state index contributed by atoms with van der Waals surface area (Å²) in [5.74, 6) is 1.62. The second-order valence-electron chi connectivity index (χ2n) is 12.5. The van der Waals surface area contributed by atoms with E-state index in [0.717, 1.165) is 44.1 Å². The first-order valence-electron chi connectivity index (χ1n) is 14.9. The predicted octanol–water partition coefficient (Wildman–Crippen LogP) is 7.94. The maximum atomic E-state index is 13.8. The van der Waals surface area contributed by atoms with Gasteiger partial charge < -0.3 is 9.47 Å². The fourth-order valence-corrected chi connectivity index (χ4v) is 8.13. The minimum atomic E-state index is -0.212. The zero-order chi connectivity index (χ0) is 27.7. The number of carbonyl (C=O) groups excluding carboxylic acids is 2. The van der Waals surface area contributed by atoms with Gasteiger partial charge in [0.2, 0.25) is 0 Å². The van der Waals surface area contributed by atoms with Gasteiger partial charge in [-0.2, -0.15) is 0 Å². The highest BCUT2D eigenvalue weighted by atomic mass is 19.1. The average molecular weight is 537 g/mol. The Morgan fingerprint density at radius 1 is 1.23 bits per heavy atom. The first-order valence-corrected chi connectivity index (χ1v) is 14.9. The first kappa shape index (κ1) is 27.9. The lowest BCUT2D eigenvalue weighted by molar-refractivity contribution is -0.144. The Morgan fingerprint density at radius 2 is 2.05 bits per heavy atom. The van der Waals surface area contributed by atoms with Gasteiger partial charge in [-0.05, 0) is 104 Å². The maximum Gasteiger partial charge on any atom is 0.309 e. The van der Waals surface area contributed by atoms with Gasteiger partial charge in [0.1, 0.15) is 11.9 Å². The predicted molar refractivity (Wildman–Crippen MR) is 153 cm³/mol. The Bertz CT molecular complexity index is 1190. The van der Waals surface area contributed by atoms with Crippen molar-refractivity contribution in [3.8, 4) is 0 Å². The molecule has 0 amide bonds. The van der Waals surface area contributed by atoms with Crippen molar-refractivity contribution in [2.45, 2.75) is 78.7 Å². The van der Waals surface area contributed by atoms with Crippen molar-refractivity contribution in [2.24, 2.45) is 40.9 Å². The molecule has 4 aliphatic rings. The number of carbonyl (C=O) groups is 2. The fourth-order valence-electron chi connectivity index (χ4n) is 8.13. The molecule has 39 heavy (non-hydrogen) atoms. The van der Waals surface area contributed by atoms with Crippen LogP contribution in [0.5, 0.6) is 0 Å². The lowest BCUT2D eigenvalue weighted by Crippen LogP contribution is -2.51. The lowest BCUT2D eigenvalue weighted by atomic mass is 9.50. The van der Waals surface area contributed by atoms with E-state index in [2.05, 4.69) is 45.1 Å². The van der Waals surface area contributed by atoms with Crippen LogP contribution in [0.15, 0.2) is 54.1 Å². The number of ether oxygens (including phenoxy) is 2. The molecule has 4 nitrogen and oxygen atoms in total. The molecule has 1 unspecified atom stereocenters. The van der Waals surface area contributed by atoms with Gasteiger partial charge in [-0.3, -0.25) is 9.59 Å². The summed E-state index contributed by atoms with van der Waals surface area (Å²) in [7, 11) is 0. The van der Waals surface area contributed by atoms with Crippen molar-refractivity contribution in [1.29, 1.82) is 0 Å². The van der Waals surface area contributed by atoms with Crippen LogP contribution in [0.25, 0.3) is 5.57 Å². The van der Waals surface area contributed by atoms with Crippen molar-refractivity contribution in [3.63, 3.8) is 0 Å². The Morgan fingerprint density at radius 3 is 2.79 bits per heavy atom. The Balaban J connectivity index is 0.00000370. The minimum absolute atomic E-state index is 0. The number of benzene rings is 1. The summed E-state index contributed by atoms with van der Waals surface area (Å²) >= 11 is 0. The molecule has 5 heteroatoms. The second kappa shape index (κ2) is 11.4. The van der Waals surface area contributed by atoms with E-state index in [1.807, 2.05) is 13.0 Å². The molecule has 0 N–H and O–H groups in total. The standard InChI is InChI=1S/C34H43FO4.H2/c1-5-38-32(36)16-12-24-10-14-29-26(18-24)20-31-33(37)39-22(3)34(31,4)30(29)15-11-23-9-13-28(21(2)17-23)25-7-6-8-27(35)19-25;/h6-9,11,13,15,19,21-22,24,26,29-31H,5,10,12,14,16-18,20H2,1-4H3;1H/b15-11+;/t21?,22-,24-,26+,29-,30+,31-,34+;/m1./s1. The van der Waals surface area contributed by atoms with Crippen LogP contribution in [0.1, 0.15) is 79.6 Å². The Labute approximate surface area is 234 Å². The maximum absolute atomic E-state index is 13.8. The normalized spacial score (nSPS) is 36.0. The molecule has 3 aliphatic carbocycles. The van der Waals surface area contributed by atoms with Crippen molar-refractivity contribution in [3.05, 3.63) is 65.5 Å². The molecular formula is C34H45FO4. The molecule has 1 heterocycles. The van der Waals surface area contributed by atoms with Gasteiger partial charge in [-0.1, -0.05) is 56.7 Å². The molecule has 0 radical (unpaired) electrons. The van der Waals surface area contributed by atoms with E-state index in [0.29, 0.717) is 36.7 Å². The van der Waals surface area contributed by atoms with E-state index in [9.17, 15) is 14.0 Å². The molecule has 212 valence electrons. The highest BCUT2D eigenvalue weighted by molar-refractivity contribution is 5.77. The van der Waals surface area contributed by atoms with Crippen molar-refractivity contribution < 1.29 is 24.9 Å². The number of cyclic esters (lactones) is 1. The SMILES string of the molecule is CCOC(=O)CC[C@H]1CC[C@@H]2[C@@H](C1)C[C@@H]1C(=O)O[C@H](C)[C@@]1(C)[C@H]2/C=C/C1=CC=C(c2cccc(F)c2)C(C)C1.[HH]. The third-order valence-electron chi connectivity index (χ3n) is 10.4. The van der Waals surface area contributed by atoms with Crippen LogP contribution < -0.4 is 0 Å². The molecule has 1 aliphatic heterocycles. The van der Waals surface area contributed by atoms with Crippen LogP contribution in [0.4, 0.5) is 4.39 Å². The molecule has 5 rings (SSSR count). The summed E-state index contributed by atoms with van der Waals surface area (Å²) in [6.45, 7) is 8.82. The van der Waals surface area contributed by atoms with Crippen LogP contribution in [0, 0.1) is 46.7 Å². The van der Waals surface area contributed by atoms with E-state index in [1.165, 1.54) is 17.2 Å². The van der Waals surface area contributed by atoms with Crippen LogP contribution in [0.2, 0.25) is 0 Å². The molecule has 2 saturated carbocycles. The molecular weight excluding hydrogens is 491 g/mol. The second-order valence-corrected chi connectivity index (χ2v) is 12.5. The molecule has 3 fully saturated rings. The molecule has 0 spiro atoms. The van der Waals surface area contributed by atoms with Gasteiger partial charge in [-0.15, -0.1) is 0 Å². The number of hydrogen-bond donors (Lipinski definition) is 0. The van der Waals surface area contributed by atoms with E-state index >= 15 is 0 Å². The number of fused-ring (bicyclic) bond motifs is 2. The number of hydrogen-bond acceptors (Lipinski definition) is 4. The third-order valence-corrected chi connectivity index (χ3v) is 10.4. The quantitative estimate of drug-likeness (QED) is 0.332. The largest absolute Gasteiger partial charge is 0.466 e. The van der Waals surface area contributed by atoms with Crippen LogP contribution >= 0.6 is 0 Å². The number of esters is 2. The zero-order valence-electron chi connectivity index (χ0n) is 23.8. The summed E-state index contributed by atoms with van der Waals surface area (Å²) in [6, 6.07) is 6.84. The molecule has 8 atom stereocenters. The van der Waals surface area contributed by atoms with Gasteiger partial charge in [-0.25, -0.2) is 4.39 Å². The number of halogens is 1. The van der Waals surface area contributed by atoms with Crippen molar-refractivity contribution in [1.82, 2.24) is 0 Å². The highest BCUT2D eigenvalue weighted by Gasteiger charge is 2.61. The Kier molecular flexibility index (Phi) is 8.16. The average Bonchev–Trinajstić information content (AvgIpc) is 3.13. The fraction of sp³-hybridized carbons (Fsp3) is 0.588. The molecule has 1 aromatic rings. The van der Waals surface area contributed by atoms with Gasteiger partial charge in [0.05, 0.1) is 12.5 Å². The van der Waals surface area contributed by atoms with E-state index in [1.54, 1.807) is 12.1 Å². The summed E-state index contributed by atoms with van der Waals surface area (Å²) < 4.78 is 24.8. The van der Waals surface area contributed by atoms with Crippen LogP contribution in [-0.4, -0.2) is 24.6 Å². The van der Waals surface area contributed by atoms with E-state index in [4.69, 9.17) is 9.47 Å². The van der Waals surface area contributed by atoms with Gasteiger partial charge in [0.15, 0.2) is 0 Å². The van der Waals surface area contributed by atoms with Gasteiger partial charge in [0.25, 0.3) is 0 Å². The zero-order valence-corrected chi connectivity index (χ0v) is 23.8. The lowest BCUT2D eigenvalue weighted by Gasteiger charge is -2.53. The third kappa shape index (κ3) is 5.51. The van der Waals surface area contributed by atoms with Crippen molar-refractivity contribution in [2.75, 3.05) is 6.61 Å². The van der Waals surface area contributed by atoms with Crippen LogP contribution in [-0.2, 0) is 19.1 Å². The molecule has 0 bridgehead atoms.